The number of amides is 1. The number of hydrogen-bond acceptors (Lipinski definition) is 3. The molecular weight excluding hydrogens is 238 g/mol. The third-order valence-electron chi connectivity index (χ3n) is 3.21. The van der Waals surface area contributed by atoms with E-state index in [9.17, 15) is 4.79 Å². The van der Waals surface area contributed by atoms with E-state index in [0.29, 0.717) is 10.7 Å². The molecule has 0 saturated carbocycles. The van der Waals surface area contributed by atoms with Gasteiger partial charge in [-0.1, -0.05) is 11.6 Å². The van der Waals surface area contributed by atoms with E-state index in [1.807, 2.05) is 12.1 Å². The van der Waals surface area contributed by atoms with Crippen LogP contribution < -0.4 is 16.4 Å². The highest BCUT2D eigenvalue weighted by atomic mass is 35.5. The lowest BCUT2D eigenvalue weighted by atomic mass is 9.96. The van der Waals surface area contributed by atoms with Gasteiger partial charge in [-0.2, -0.15) is 0 Å². The van der Waals surface area contributed by atoms with E-state index < -0.39 is 0 Å². The minimum absolute atomic E-state index is 0.00110. The first-order valence-electron chi connectivity index (χ1n) is 5.67. The quantitative estimate of drug-likeness (QED) is 0.787. The molecule has 92 valence electrons. The summed E-state index contributed by atoms with van der Waals surface area (Å²) in [4.78, 5) is 13.2. The van der Waals surface area contributed by atoms with Crippen LogP contribution in [0.5, 0.6) is 0 Å². The van der Waals surface area contributed by atoms with Crippen molar-refractivity contribution in [1.29, 1.82) is 0 Å². The summed E-state index contributed by atoms with van der Waals surface area (Å²) in [7, 11) is 0. The van der Waals surface area contributed by atoms with Gasteiger partial charge in [-0.25, -0.2) is 0 Å². The number of rotatable bonds is 2. The Morgan fingerprint density at radius 1 is 1.35 bits per heavy atom. The van der Waals surface area contributed by atoms with Crippen LogP contribution in [0, 0.1) is 5.92 Å². The molecule has 4 N–H and O–H groups in total. The number of hydrogen-bond donors (Lipinski definition) is 2. The van der Waals surface area contributed by atoms with Gasteiger partial charge in [-0.15, -0.1) is 0 Å². The smallest absolute Gasteiger partial charge is 0.220 e. The van der Waals surface area contributed by atoms with Gasteiger partial charge in [-0.3, -0.25) is 4.79 Å². The molecule has 1 amide bonds. The summed E-state index contributed by atoms with van der Waals surface area (Å²) in [6.07, 6.45) is 1.58. The van der Waals surface area contributed by atoms with Crippen LogP contribution in [-0.2, 0) is 4.79 Å². The van der Waals surface area contributed by atoms with Gasteiger partial charge in [0.1, 0.15) is 0 Å². The van der Waals surface area contributed by atoms with Crippen molar-refractivity contribution < 1.29 is 4.79 Å². The average Bonchev–Trinajstić information content (AvgIpc) is 2.29. The fourth-order valence-electron chi connectivity index (χ4n) is 2.18. The highest BCUT2D eigenvalue weighted by Crippen LogP contribution is 2.30. The van der Waals surface area contributed by atoms with Crippen LogP contribution in [0.15, 0.2) is 18.2 Å². The number of piperidine rings is 1. The summed E-state index contributed by atoms with van der Waals surface area (Å²) in [6, 6.07) is 5.50. The molecule has 0 bridgehead atoms. The standard InChI is InChI=1S/C12H16ClN3O/c13-10-7-9(14)1-2-11(10)16-5-3-8(4-6-16)12(15)17/h1-2,7-8H,3-6,14H2,(H2,15,17). The third kappa shape index (κ3) is 2.64. The van der Waals surface area contributed by atoms with Crippen molar-refractivity contribution in [2.75, 3.05) is 23.7 Å². The van der Waals surface area contributed by atoms with Crippen LogP contribution in [0.4, 0.5) is 11.4 Å². The fraction of sp³-hybridized carbons (Fsp3) is 0.417. The lowest BCUT2D eigenvalue weighted by molar-refractivity contribution is -0.122. The van der Waals surface area contributed by atoms with E-state index in [4.69, 9.17) is 23.1 Å². The predicted octanol–water partition coefficient (Wildman–Crippen LogP) is 1.62. The molecule has 1 saturated heterocycles. The molecule has 1 aliphatic heterocycles. The van der Waals surface area contributed by atoms with Gasteiger partial charge < -0.3 is 16.4 Å². The second-order valence-corrected chi connectivity index (χ2v) is 4.78. The molecule has 2 rings (SSSR count). The molecule has 0 aliphatic carbocycles. The van der Waals surface area contributed by atoms with Gasteiger partial charge in [0.15, 0.2) is 0 Å². The molecule has 1 heterocycles. The Bertz CT molecular complexity index is 428. The molecule has 1 aromatic rings. The molecule has 0 radical (unpaired) electrons. The number of primary amides is 1. The monoisotopic (exact) mass is 253 g/mol. The van der Waals surface area contributed by atoms with Crippen LogP contribution in [0.1, 0.15) is 12.8 Å². The number of carbonyl (C=O) groups excluding carboxylic acids is 1. The van der Waals surface area contributed by atoms with E-state index in [2.05, 4.69) is 4.90 Å². The highest BCUT2D eigenvalue weighted by molar-refractivity contribution is 6.33. The largest absolute Gasteiger partial charge is 0.399 e. The maximum atomic E-state index is 11.1. The van der Waals surface area contributed by atoms with Crippen LogP contribution >= 0.6 is 11.6 Å². The summed E-state index contributed by atoms with van der Waals surface area (Å²) >= 11 is 6.15. The van der Waals surface area contributed by atoms with E-state index in [1.54, 1.807) is 6.07 Å². The zero-order valence-electron chi connectivity index (χ0n) is 9.53. The van der Waals surface area contributed by atoms with Crippen molar-refractivity contribution in [3.8, 4) is 0 Å². The number of carbonyl (C=O) groups is 1. The van der Waals surface area contributed by atoms with E-state index >= 15 is 0 Å². The summed E-state index contributed by atoms with van der Waals surface area (Å²) in [5.74, 6) is -0.202. The molecule has 1 aromatic carbocycles. The normalized spacial score (nSPS) is 17.1. The Kier molecular flexibility index (Phi) is 3.43. The summed E-state index contributed by atoms with van der Waals surface area (Å²) in [6.45, 7) is 1.61. The second-order valence-electron chi connectivity index (χ2n) is 4.37. The third-order valence-corrected chi connectivity index (χ3v) is 3.51. The number of anilines is 2. The van der Waals surface area contributed by atoms with E-state index in [1.165, 1.54) is 0 Å². The number of nitrogens with zero attached hydrogens (tertiary/aromatic N) is 1. The van der Waals surface area contributed by atoms with Crippen LogP contribution in [0.2, 0.25) is 5.02 Å². The Labute approximate surface area is 106 Å². The summed E-state index contributed by atoms with van der Waals surface area (Å²) < 4.78 is 0. The Hall–Kier alpha value is -1.42. The van der Waals surface area contributed by atoms with Crippen molar-refractivity contribution in [3.63, 3.8) is 0 Å². The first-order chi connectivity index (χ1) is 8.08. The number of nitrogens with two attached hydrogens (primary N) is 2. The highest BCUT2D eigenvalue weighted by Gasteiger charge is 2.24. The molecule has 4 nitrogen and oxygen atoms in total. The van der Waals surface area contributed by atoms with Crippen LogP contribution in [0.25, 0.3) is 0 Å². The lowest BCUT2D eigenvalue weighted by Crippen LogP contribution is -2.38. The topological polar surface area (TPSA) is 72.4 Å². The first kappa shape index (κ1) is 12.0. The first-order valence-corrected chi connectivity index (χ1v) is 6.05. The van der Waals surface area contributed by atoms with Crippen molar-refractivity contribution in [2.45, 2.75) is 12.8 Å². The SMILES string of the molecule is NC(=O)C1CCN(c2ccc(N)cc2Cl)CC1. The molecule has 17 heavy (non-hydrogen) atoms. The average molecular weight is 254 g/mol. The lowest BCUT2D eigenvalue weighted by Gasteiger charge is -2.32. The van der Waals surface area contributed by atoms with Crippen molar-refractivity contribution in [3.05, 3.63) is 23.2 Å². The number of halogens is 1. The van der Waals surface area contributed by atoms with Gasteiger partial charge >= 0.3 is 0 Å². The van der Waals surface area contributed by atoms with Crippen LogP contribution in [0.3, 0.4) is 0 Å². The maximum Gasteiger partial charge on any atom is 0.220 e. The van der Waals surface area contributed by atoms with Crippen molar-refractivity contribution >= 4 is 28.9 Å². The zero-order chi connectivity index (χ0) is 12.4. The number of benzene rings is 1. The van der Waals surface area contributed by atoms with E-state index in [0.717, 1.165) is 31.6 Å². The second kappa shape index (κ2) is 4.84. The van der Waals surface area contributed by atoms with Crippen molar-refractivity contribution in [1.82, 2.24) is 0 Å². The van der Waals surface area contributed by atoms with Gasteiger partial charge in [0.2, 0.25) is 5.91 Å². The van der Waals surface area contributed by atoms with Gasteiger partial charge in [0.05, 0.1) is 10.7 Å². The maximum absolute atomic E-state index is 11.1. The molecule has 1 fully saturated rings. The molecule has 0 unspecified atom stereocenters. The Morgan fingerprint density at radius 3 is 2.53 bits per heavy atom. The van der Waals surface area contributed by atoms with Gasteiger partial charge in [0.25, 0.3) is 0 Å². The Balaban J connectivity index is 2.08. The van der Waals surface area contributed by atoms with E-state index in [-0.39, 0.29) is 11.8 Å². The molecule has 5 heteroatoms. The van der Waals surface area contributed by atoms with Gasteiger partial charge in [-0.05, 0) is 31.0 Å². The minimum atomic E-state index is -0.201. The molecule has 0 atom stereocenters. The molecule has 0 spiro atoms. The Morgan fingerprint density at radius 2 is 2.00 bits per heavy atom. The summed E-state index contributed by atoms with van der Waals surface area (Å²) in [5, 5.41) is 0.655. The molecule has 1 aliphatic rings. The fourth-order valence-corrected chi connectivity index (χ4v) is 2.49. The minimum Gasteiger partial charge on any atom is -0.399 e. The van der Waals surface area contributed by atoms with Crippen molar-refractivity contribution in [2.24, 2.45) is 11.7 Å². The summed E-state index contributed by atoms with van der Waals surface area (Å²) in [5.41, 5.74) is 12.6. The molecular formula is C12H16ClN3O. The zero-order valence-corrected chi connectivity index (χ0v) is 10.3. The van der Waals surface area contributed by atoms with Gasteiger partial charge in [0, 0.05) is 24.7 Å². The van der Waals surface area contributed by atoms with Crippen LogP contribution in [-0.4, -0.2) is 19.0 Å². The number of nitrogen functional groups attached to an aromatic ring is 1. The predicted molar refractivity (Wildman–Crippen MR) is 70.0 cm³/mol. The molecule has 0 aromatic heterocycles.